The van der Waals surface area contributed by atoms with Gasteiger partial charge in [0.15, 0.2) is 0 Å². The van der Waals surface area contributed by atoms with Gasteiger partial charge in [0.05, 0.1) is 22.8 Å². The second-order valence-electron chi connectivity index (χ2n) is 7.34. The summed E-state index contributed by atoms with van der Waals surface area (Å²) in [6.45, 7) is 18.1. The van der Waals surface area contributed by atoms with Crippen LogP contribution in [0.4, 0.5) is 0 Å². The van der Waals surface area contributed by atoms with Crippen molar-refractivity contribution >= 4 is 17.6 Å². The zero-order valence-corrected chi connectivity index (χ0v) is 17.6. The third kappa shape index (κ3) is 5.32. The van der Waals surface area contributed by atoms with E-state index < -0.39 is 0 Å². The van der Waals surface area contributed by atoms with Crippen molar-refractivity contribution in [2.75, 3.05) is 0 Å². The summed E-state index contributed by atoms with van der Waals surface area (Å²) in [6.07, 6.45) is 10.2. The van der Waals surface area contributed by atoms with E-state index in [1.54, 1.807) is 12.4 Å². The second-order valence-corrected chi connectivity index (χ2v) is 7.34. The Morgan fingerprint density at radius 3 is 2.64 bits per heavy atom. The molecule has 28 heavy (non-hydrogen) atoms. The van der Waals surface area contributed by atoms with Crippen molar-refractivity contribution in [1.82, 2.24) is 4.98 Å². The maximum Gasteiger partial charge on any atom is 0.0920 e. The van der Waals surface area contributed by atoms with E-state index in [1.165, 1.54) is 5.57 Å². The molecule has 0 fully saturated rings. The number of aryl methyl sites for hydroxylation is 1. The fraction of sp³-hybridized carbons (Fsp3) is 0.333. The van der Waals surface area contributed by atoms with Crippen molar-refractivity contribution in [1.29, 1.82) is 0 Å². The molecule has 2 heterocycles. The molecule has 1 aromatic heterocycles. The summed E-state index contributed by atoms with van der Waals surface area (Å²) in [6, 6.07) is 3.99. The topological polar surface area (TPSA) is 50.0 Å². The SMILES string of the molecule is C=C/N=C(\c1ncccc1C)C(C)C/C=C1/N=CC=C(C(C)C)/C1=N/C(=C)C. The van der Waals surface area contributed by atoms with E-state index in [2.05, 4.69) is 73.0 Å². The molecule has 1 aliphatic rings. The van der Waals surface area contributed by atoms with Crippen LogP contribution >= 0.6 is 0 Å². The molecule has 0 spiro atoms. The van der Waals surface area contributed by atoms with Gasteiger partial charge in [0.1, 0.15) is 0 Å². The van der Waals surface area contributed by atoms with Crippen molar-refractivity contribution in [3.05, 3.63) is 78.1 Å². The molecule has 0 saturated heterocycles. The molecule has 146 valence electrons. The second kappa shape index (κ2) is 9.88. The number of rotatable bonds is 7. The highest BCUT2D eigenvalue weighted by Gasteiger charge is 2.20. The highest BCUT2D eigenvalue weighted by molar-refractivity contribution is 6.17. The van der Waals surface area contributed by atoms with Crippen molar-refractivity contribution in [3.8, 4) is 0 Å². The summed E-state index contributed by atoms with van der Waals surface area (Å²) in [5.41, 5.74) is 6.70. The van der Waals surface area contributed by atoms with Crippen molar-refractivity contribution in [2.45, 2.75) is 41.0 Å². The molecule has 1 aromatic rings. The summed E-state index contributed by atoms with van der Waals surface area (Å²) in [5.74, 6) is 0.522. The number of dihydropyridines is 1. The van der Waals surface area contributed by atoms with Crippen LogP contribution in [0.1, 0.15) is 45.4 Å². The predicted octanol–water partition coefficient (Wildman–Crippen LogP) is 5.87. The third-order valence-electron chi connectivity index (χ3n) is 4.52. The van der Waals surface area contributed by atoms with E-state index in [0.29, 0.717) is 5.92 Å². The summed E-state index contributed by atoms with van der Waals surface area (Å²) in [5, 5.41) is 0. The Labute approximate surface area is 169 Å². The molecule has 0 saturated carbocycles. The molecule has 0 radical (unpaired) electrons. The number of nitrogens with zero attached hydrogens (tertiary/aromatic N) is 4. The lowest BCUT2D eigenvalue weighted by Crippen LogP contribution is -2.17. The average molecular weight is 375 g/mol. The van der Waals surface area contributed by atoms with E-state index in [-0.39, 0.29) is 5.92 Å². The highest BCUT2D eigenvalue weighted by Crippen LogP contribution is 2.24. The van der Waals surface area contributed by atoms with Gasteiger partial charge >= 0.3 is 0 Å². The number of hydrogen-bond donors (Lipinski definition) is 0. The normalized spacial score (nSPS) is 18.5. The molecule has 4 heteroatoms. The van der Waals surface area contributed by atoms with Gasteiger partial charge in [0, 0.05) is 30.2 Å². The summed E-state index contributed by atoms with van der Waals surface area (Å²) >= 11 is 0. The number of allylic oxidation sites excluding steroid dienone is 4. The molecule has 0 bridgehead atoms. The summed E-state index contributed by atoms with van der Waals surface area (Å²) < 4.78 is 0. The van der Waals surface area contributed by atoms with Crippen molar-refractivity contribution in [3.63, 3.8) is 0 Å². The fourth-order valence-electron chi connectivity index (χ4n) is 3.09. The number of pyridine rings is 1. The van der Waals surface area contributed by atoms with Crippen LogP contribution in [0.15, 0.2) is 81.8 Å². The molecule has 0 amide bonds. The first-order valence-corrected chi connectivity index (χ1v) is 9.65. The molecule has 1 atom stereocenters. The first-order chi connectivity index (χ1) is 13.3. The minimum absolute atomic E-state index is 0.161. The van der Waals surface area contributed by atoms with Gasteiger partial charge in [-0.3, -0.25) is 20.0 Å². The van der Waals surface area contributed by atoms with Crippen LogP contribution in [0.2, 0.25) is 0 Å². The van der Waals surface area contributed by atoms with E-state index >= 15 is 0 Å². The van der Waals surface area contributed by atoms with Gasteiger partial charge in [0.2, 0.25) is 0 Å². The van der Waals surface area contributed by atoms with Crippen LogP contribution in [0.3, 0.4) is 0 Å². The number of hydrogen-bond acceptors (Lipinski definition) is 4. The maximum atomic E-state index is 4.67. The Morgan fingerprint density at radius 1 is 1.29 bits per heavy atom. The maximum absolute atomic E-state index is 4.67. The first-order valence-electron chi connectivity index (χ1n) is 9.65. The molecular formula is C24H30N4. The van der Waals surface area contributed by atoms with Gasteiger partial charge in [0.25, 0.3) is 0 Å². The molecule has 4 nitrogen and oxygen atoms in total. The largest absolute Gasteiger partial charge is 0.259 e. The monoisotopic (exact) mass is 374 g/mol. The van der Waals surface area contributed by atoms with Gasteiger partial charge in [-0.2, -0.15) is 0 Å². The lowest BCUT2D eigenvalue weighted by molar-refractivity contribution is 0.781. The Bertz CT molecular complexity index is 895. The molecule has 2 rings (SSSR count). The zero-order valence-electron chi connectivity index (χ0n) is 17.6. The van der Waals surface area contributed by atoms with Gasteiger partial charge < -0.3 is 0 Å². The number of aromatic nitrogens is 1. The van der Waals surface area contributed by atoms with Gasteiger partial charge in [-0.1, -0.05) is 46.1 Å². The molecular weight excluding hydrogens is 344 g/mol. The Morgan fingerprint density at radius 2 is 2.04 bits per heavy atom. The third-order valence-corrected chi connectivity index (χ3v) is 4.52. The first kappa shape index (κ1) is 21.4. The fourth-order valence-corrected chi connectivity index (χ4v) is 3.09. The average Bonchev–Trinajstić information content (AvgIpc) is 2.65. The minimum Gasteiger partial charge on any atom is -0.259 e. The van der Waals surface area contributed by atoms with E-state index in [1.807, 2.05) is 25.3 Å². The van der Waals surface area contributed by atoms with Gasteiger partial charge in [-0.15, -0.1) is 0 Å². The minimum atomic E-state index is 0.161. The quantitative estimate of drug-likeness (QED) is 0.550. The van der Waals surface area contributed by atoms with Crippen LogP contribution in [-0.2, 0) is 0 Å². The van der Waals surface area contributed by atoms with Crippen LogP contribution in [0.5, 0.6) is 0 Å². The van der Waals surface area contributed by atoms with Gasteiger partial charge in [-0.25, -0.2) is 0 Å². The molecule has 0 aliphatic carbocycles. The Kier molecular flexibility index (Phi) is 7.56. The molecule has 0 N–H and O–H groups in total. The Hall–Kier alpha value is -2.88. The summed E-state index contributed by atoms with van der Waals surface area (Å²) in [7, 11) is 0. The lowest BCUT2D eigenvalue weighted by atomic mass is 9.92. The zero-order chi connectivity index (χ0) is 20.7. The number of aliphatic imine (C=N–C) groups is 3. The smallest absolute Gasteiger partial charge is 0.0920 e. The van der Waals surface area contributed by atoms with E-state index in [4.69, 9.17) is 0 Å². The van der Waals surface area contributed by atoms with Crippen molar-refractivity contribution < 1.29 is 0 Å². The molecule has 1 unspecified atom stereocenters. The Balaban J connectivity index is 2.34. The van der Waals surface area contributed by atoms with Crippen LogP contribution in [0.25, 0.3) is 0 Å². The predicted molar refractivity (Wildman–Crippen MR) is 121 cm³/mol. The molecule has 1 aliphatic heterocycles. The summed E-state index contributed by atoms with van der Waals surface area (Å²) in [4.78, 5) is 18.3. The lowest BCUT2D eigenvalue weighted by Gasteiger charge is -2.19. The molecule has 0 aromatic carbocycles. The van der Waals surface area contributed by atoms with Crippen molar-refractivity contribution in [2.24, 2.45) is 26.8 Å². The van der Waals surface area contributed by atoms with Gasteiger partial charge in [-0.05, 0) is 49.5 Å². The van der Waals surface area contributed by atoms with E-state index in [0.717, 1.165) is 40.5 Å². The van der Waals surface area contributed by atoms with E-state index in [9.17, 15) is 0 Å². The highest BCUT2D eigenvalue weighted by atomic mass is 14.8. The van der Waals surface area contributed by atoms with Crippen LogP contribution in [-0.4, -0.2) is 22.6 Å². The standard InChI is InChI=1S/C24H30N4/c1-8-25-22(23-18(6)10-9-14-27-23)19(7)11-12-21-24(28-17(4)5)20(16(2)3)13-15-26-21/h8-10,12-16,19H,1,4,11H2,2-3,5-7H3/b21-12+,25-22-,28-24-. The van der Waals surface area contributed by atoms with Crippen LogP contribution in [0, 0.1) is 18.8 Å². The van der Waals surface area contributed by atoms with Crippen LogP contribution < -0.4 is 0 Å².